The Morgan fingerprint density at radius 2 is 1.86 bits per heavy atom. The van der Waals surface area contributed by atoms with Crippen LogP contribution >= 0.6 is 34.5 Å². The summed E-state index contributed by atoms with van der Waals surface area (Å²) >= 11 is 13.1. The number of nitrogens with zero attached hydrogens (tertiary/aromatic N) is 2. The van der Waals surface area contributed by atoms with Gasteiger partial charge in [0.15, 0.2) is 15.6 Å². The standard InChI is InChI=1S/C24H19Cl2N3O5S2/c1-28-23(27)14-3-4-17-15(10-14)11-21(31)29(24(17)32)19-5-2-13(9-18(19)25)8-16(30)12-36(33,34)22-7-6-20(26)35-22/h2-7,9-10H,8,11-12H2,1H3,(H2,27,28). The number of fused-ring (bicyclic) bond motifs is 1. The Hall–Kier alpha value is -3.05. The number of nitrogens with two attached hydrogens (primary N) is 1. The molecule has 0 bridgehead atoms. The molecule has 0 spiro atoms. The van der Waals surface area contributed by atoms with E-state index in [-0.39, 0.29) is 27.8 Å². The van der Waals surface area contributed by atoms with E-state index in [1.165, 1.54) is 30.3 Å². The van der Waals surface area contributed by atoms with Crippen LogP contribution in [0.4, 0.5) is 5.69 Å². The van der Waals surface area contributed by atoms with Gasteiger partial charge in [-0.1, -0.05) is 35.3 Å². The van der Waals surface area contributed by atoms with E-state index in [1.807, 2.05) is 0 Å². The van der Waals surface area contributed by atoms with Crippen molar-refractivity contribution in [3.63, 3.8) is 0 Å². The van der Waals surface area contributed by atoms with Gasteiger partial charge in [0.2, 0.25) is 5.91 Å². The third-order valence-electron chi connectivity index (χ3n) is 5.53. The predicted octanol–water partition coefficient (Wildman–Crippen LogP) is 3.71. The topological polar surface area (TPSA) is 127 Å². The van der Waals surface area contributed by atoms with Gasteiger partial charge in [0.05, 0.1) is 21.5 Å². The molecular weight excluding hydrogens is 545 g/mol. The van der Waals surface area contributed by atoms with Crippen molar-refractivity contribution in [3.8, 4) is 0 Å². The van der Waals surface area contributed by atoms with E-state index in [9.17, 15) is 22.8 Å². The van der Waals surface area contributed by atoms with Crippen LogP contribution in [0.5, 0.6) is 0 Å². The summed E-state index contributed by atoms with van der Waals surface area (Å²) in [4.78, 5) is 43.4. The van der Waals surface area contributed by atoms with E-state index in [2.05, 4.69) is 4.99 Å². The zero-order valence-electron chi connectivity index (χ0n) is 18.8. The van der Waals surface area contributed by atoms with Gasteiger partial charge in [-0.25, -0.2) is 13.3 Å². The molecule has 0 aliphatic carbocycles. The van der Waals surface area contributed by atoms with Crippen LogP contribution < -0.4 is 10.6 Å². The fourth-order valence-electron chi connectivity index (χ4n) is 3.82. The van der Waals surface area contributed by atoms with Crippen molar-refractivity contribution in [2.75, 3.05) is 17.7 Å². The van der Waals surface area contributed by atoms with Crippen molar-refractivity contribution >= 4 is 73.5 Å². The Labute approximate surface area is 221 Å². The molecule has 12 heteroatoms. The van der Waals surface area contributed by atoms with Gasteiger partial charge in [0.1, 0.15) is 15.8 Å². The lowest BCUT2D eigenvalue weighted by atomic mass is 9.95. The number of thiophene rings is 1. The highest BCUT2D eigenvalue weighted by atomic mass is 35.5. The second kappa shape index (κ2) is 10.1. The van der Waals surface area contributed by atoms with Crippen molar-refractivity contribution in [2.45, 2.75) is 17.1 Å². The molecule has 0 fully saturated rings. The number of halogens is 2. The van der Waals surface area contributed by atoms with Gasteiger partial charge < -0.3 is 5.73 Å². The first-order valence-electron chi connectivity index (χ1n) is 10.5. The molecule has 1 aromatic heterocycles. The fourth-order valence-corrected chi connectivity index (χ4v) is 6.92. The largest absolute Gasteiger partial charge is 0.384 e. The number of Topliss-reactive ketones (excluding diaryl/α,β-unsaturated/α-hetero) is 1. The lowest BCUT2D eigenvalue weighted by molar-refractivity contribution is -0.118. The second-order valence-corrected chi connectivity index (χ2v) is 12.3. The van der Waals surface area contributed by atoms with E-state index in [0.29, 0.717) is 32.4 Å². The number of ketones is 1. The zero-order chi connectivity index (χ0) is 26.2. The Morgan fingerprint density at radius 3 is 2.50 bits per heavy atom. The molecular formula is C24H19Cl2N3O5S2. The Morgan fingerprint density at radius 1 is 1.11 bits per heavy atom. The van der Waals surface area contributed by atoms with Crippen LogP contribution in [0.3, 0.4) is 0 Å². The van der Waals surface area contributed by atoms with E-state index < -0.39 is 33.2 Å². The predicted molar refractivity (Wildman–Crippen MR) is 140 cm³/mol. The van der Waals surface area contributed by atoms with Gasteiger partial charge >= 0.3 is 0 Å². The number of anilines is 1. The van der Waals surface area contributed by atoms with Crippen LogP contribution in [0.1, 0.15) is 27.0 Å². The molecule has 0 saturated carbocycles. The van der Waals surface area contributed by atoms with Crippen LogP contribution in [0.15, 0.2) is 57.7 Å². The summed E-state index contributed by atoms with van der Waals surface area (Å²) in [5.41, 5.74) is 7.96. The van der Waals surface area contributed by atoms with E-state index in [1.54, 1.807) is 25.2 Å². The molecule has 0 atom stereocenters. The number of amides is 2. The summed E-state index contributed by atoms with van der Waals surface area (Å²) in [6.45, 7) is 0. The second-order valence-electron chi connectivity index (χ2n) is 8.01. The van der Waals surface area contributed by atoms with E-state index >= 15 is 0 Å². The van der Waals surface area contributed by atoms with Crippen LogP contribution in [0.25, 0.3) is 0 Å². The lowest BCUT2D eigenvalue weighted by Gasteiger charge is -2.28. The van der Waals surface area contributed by atoms with Crippen molar-refractivity contribution in [1.29, 1.82) is 0 Å². The first-order chi connectivity index (χ1) is 17.0. The molecule has 2 N–H and O–H groups in total. The molecule has 4 rings (SSSR count). The minimum Gasteiger partial charge on any atom is -0.384 e. The number of benzene rings is 2. The average molecular weight is 564 g/mol. The van der Waals surface area contributed by atoms with Crippen molar-refractivity contribution in [3.05, 3.63) is 80.1 Å². The summed E-state index contributed by atoms with van der Waals surface area (Å²) in [5.74, 6) is -1.93. The number of hydrogen-bond donors (Lipinski definition) is 1. The Bertz CT molecular complexity index is 1550. The third kappa shape index (κ3) is 5.22. The molecule has 0 saturated heterocycles. The normalized spacial score (nSPS) is 14.2. The van der Waals surface area contributed by atoms with Gasteiger partial charge in [0.25, 0.3) is 5.91 Å². The Balaban J connectivity index is 1.53. The van der Waals surface area contributed by atoms with Crippen molar-refractivity contribution in [2.24, 2.45) is 10.7 Å². The molecule has 36 heavy (non-hydrogen) atoms. The van der Waals surface area contributed by atoms with Gasteiger partial charge in [-0.15, -0.1) is 11.3 Å². The highest BCUT2D eigenvalue weighted by Gasteiger charge is 2.33. The van der Waals surface area contributed by atoms with Crippen molar-refractivity contribution in [1.82, 2.24) is 0 Å². The minimum absolute atomic E-state index is 0.0217. The molecule has 2 aromatic carbocycles. The van der Waals surface area contributed by atoms with Gasteiger partial charge in [-0.05, 0) is 47.5 Å². The average Bonchev–Trinajstić information content (AvgIpc) is 3.26. The Kier molecular flexibility index (Phi) is 7.33. The van der Waals surface area contributed by atoms with Gasteiger partial charge in [0, 0.05) is 24.6 Å². The summed E-state index contributed by atoms with van der Waals surface area (Å²) in [6.07, 6.45) is -0.223. The summed E-state index contributed by atoms with van der Waals surface area (Å²) in [7, 11) is -2.26. The molecule has 8 nitrogen and oxygen atoms in total. The molecule has 1 aliphatic heterocycles. The zero-order valence-corrected chi connectivity index (χ0v) is 22.0. The number of rotatable bonds is 7. The number of carbonyl (C=O) groups excluding carboxylic acids is 3. The maximum Gasteiger partial charge on any atom is 0.265 e. The maximum atomic E-state index is 13.1. The third-order valence-corrected chi connectivity index (χ3v) is 9.32. The van der Waals surface area contributed by atoms with Crippen LogP contribution in [-0.2, 0) is 32.3 Å². The molecule has 3 aromatic rings. The highest BCUT2D eigenvalue weighted by Crippen LogP contribution is 2.33. The van der Waals surface area contributed by atoms with Gasteiger partial charge in [-0.2, -0.15) is 0 Å². The monoisotopic (exact) mass is 563 g/mol. The first-order valence-corrected chi connectivity index (χ1v) is 13.7. The smallest absolute Gasteiger partial charge is 0.265 e. The van der Waals surface area contributed by atoms with Crippen LogP contribution in [0, 0.1) is 0 Å². The summed E-state index contributed by atoms with van der Waals surface area (Å²) in [6, 6.07) is 12.2. The molecule has 2 heterocycles. The number of imide groups is 1. The first kappa shape index (κ1) is 26.0. The fraction of sp³-hybridized carbons (Fsp3) is 0.167. The molecule has 0 radical (unpaired) electrons. The number of aliphatic imine (C=N–C) groups is 1. The molecule has 2 amide bonds. The van der Waals surface area contributed by atoms with E-state index in [4.69, 9.17) is 28.9 Å². The highest BCUT2D eigenvalue weighted by molar-refractivity contribution is 7.94. The van der Waals surface area contributed by atoms with Crippen molar-refractivity contribution < 1.29 is 22.8 Å². The quantitative estimate of drug-likeness (QED) is 0.265. The lowest BCUT2D eigenvalue weighted by Crippen LogP contribution is -2.42. The van der Waals surface area contributed by atoms with Gasteiger partial charge in [-0.3, -0.25) is 19.4 Å². The van der Waals surface area contributed by atoms with E-state index in [0.717, 1.165) is 16.2 Å². The SMILES string of the molecule is CN=C(N)c1ccc2c(c1)CC(=O)N(c1ccc(CC(=O)CS(=O)(=O)c3ccc(Cl)s3)cc1Cl)C2=O. The molecule has 186 valence electrons. The van der Waals surface area contributed by atoms with Crippen LogP contribution in [-0.4, -0.2) is 44.7 Å². The summed E-state index contributed by atoms with van der Waals surface area (Å²) < 4.78 is 25.2. The van der Waals surface area contributed by atoms with Crippen LogP contribution in [0.2, 0.25) is 9.36 Å². The summed E-state index contributed by atoms with van der Waals surface area (Å²) in [5, 5.41) is 0.0809. The number of hydrogen-bond acceptors (Lipinski definition) is 7. The number of amidine groups is 1. The number of carbonyl (C=O) groups is 3. The number of sulfone groups is 1. The molecule has 0 unspecified atom stereocenters. The molecule has 1 aliphatic rings. The maximum absolute atomic E-state index is 13.1. The minimum atomic E-state index is -3.81.